The molecule has 0 amide bonds. The van der Waals surface area contributed by atoms with Gasteiger partial charge in [0.1, 0.15) is 18.1 Å². The average molecular weight is 548 g/mol. The maximum absolute atomic E-state index is 13.3. The van der Waals surface area contributed by atoms with Gasteiger partial charge in [-0.1, -0.05) is 62.4 Å². The van der Waals surface area contributed by atoms with Crippen LogP contribution in [-0.2, 0) is 13.2 Å². The molecule has 1 unspecified atom stereocenters. The summed E-state index contributed by atoms with van der Waals surface area (Å²) in [5.74, 6) is -0.245. The van der Waals surface area contributed by atoms with Gasteiger partial charge in [-0.3, -0.25) is 0 Å². The summed E-state index contributed by atoms with van der Waals surface area (Å²) in [5, 5.41) is 9.68. The van der Waals surface area contributed by atoms with Crippen molar-refractivity contribution in [3.8, 4) is 11.5 Å². The van der Waals surface area contributed by atoms with Crippen LogP contribution >= 0.6 is 0 Å². The van der Waals surface area contributed by atoms with E-state index in [1.807, 2.05) is 44.2 Å². The van der Waals surface area contributed by atoms with Crippen molar-refractivity contribution in [3.05, 3.63) is 90.0 Å². The fraction of sp³-hybridized carbons (Fsp3) is 0.333. The highest BCUT2D eigenvalue weighted by molar-refractivity contribution is 5.51. The van der Waals surface area contributed by atoms with Crippen molar-refractivity contribution in [1.29, 1.82) is 0 Å². The molecule has 0 radical (unpaired) electrons. The first-order valence-corrected chi connectivity index (χ1v) is 11.6. The number of aliphatic hydroxyl groups excluding tert-OH is 1. The van der Waals surface area contributed by atoms with Gasteiger partial charge in [0.2, 0.25) is 0 Å². The average Bonchev–Trinajstić information content (AvgIpc) is 2.88. The molecule has 3 rings (SSSR count). The SMILES string of the molecule is CC.OC(CN(Cc1cccc(OC(F)(F)C(F)F)c1)c1cccc(OCc2ccccc2)c1)C(F)(F)F. The third-order valence-corrected chi connectivity index (χ3v) is 4.98. The summed E-state index contributed by atoms with van der Waals surface area (Å²) in [7, 11) is 0. The molecule has 1 N–H and O–H groups in total. The number of hydrogen-bond acceptors (Lipinski definition) is 4. The van der Waals surface area contributed by atoms with Crippen LogP contribution in [0.1, 0.15) is 25.0 Å². The minimum atomic E-state index is -4.91. The Bertz CT molecular complexity index is 1110. The van der Waals surface area contributed by atoms with Gasteiger partial charge >= 0.3 is 18.7 Å². The summed E-state index contributed by atoms with van der Waals surface area (Å²) in [5.41, 5.74) is 1.29. The third-order valence-electron chi connectivity index (χ3n) is 4.98. The molecular formula is C27H28F7NO3. The third kappa shape index (κ3) is 9.44. The van der Waals surface area contributed by atoms with Crippen LogP contribution in [0.4, 0.5) is 36.4 Å². The summed E-state index contributed by atoms with van der Waals surface area (Å²) >= 11 is 0. The second kappa shape index (κ2) is 13.9. The first kappa shape index (κ1) is 30.8. The van der Waals surface area contributed by atoms with Crippen LogP contribution in [0.25, 0.3) is 0 Å². The maximum atomic E-state index is 13.3. The lowest BCUT2D eigenvalue weighted by Crippen LogP contribution is -2.40. The zero-order valence-electron chi connectivity index (χ0n) is 20.6. The summed E-state index contributed by atoms with van der Waals surface area (Å²) in [4.78, 5) is 1.16. The maximum Gasteiger partial charge on any atom is 0.461 e. The molecule has 0 saturated carbocycles. The predicted octanol–water partition coefficient (Wildman–Crippen LogP) is 7.46. The molecule has 4 nitrogen and oxygen atoms in total. The number of hydrogen-bond donors (Lipinski definition) is 1. The number of aliphatic hydroxyl groups is 1. The van der Waals surface area contributed by atoms with Crippen molar-refractivity contribution in [2.24, 2.45) is 0 Å². The molecule has 11 heteroatoms. The monoisotopic (exact) mass is 547 g/mol. The van der Waals surface area contributed by atoms with Crippen LogP contribution in [0.15, 0.2) is 78.9 Å². The highest BCUT2D eigenvalue weighted by Gasteiger charge is 2.44. The van der Waals surface area contributed by atoms with Gasteiger partial charge in [0.05, 0.1) is 6.54 Å². The van der Waals surface area contributed by atoms with Gasteiger partial charge in [0, 0.05) is 18.3 Å². The van der Waals surface area contributed by atoms with E-state index in [0.717, 1.165) is 22.6 Å². The highest BCUT2D eigenvalue weighted by Crippen LogP contribution is 2.30. The lowest BCUT2D eigenvalue weighted by Gasteiger charge is -2.29. The molecule has 3 aromatic rings. The molecule has 0 aromatic heterocycles. The molecule has 0 aliphatic carbocycles. The first-order valence-electron chi connectivity index (χ1n) is 11.6. The fourth-order valence-corrected chi connectivity index (χ4v) is 3.21. The van der Waals surface area contributed by atoms with E-state index >= 15 is 0 Å². The van der Waals surface area contributed by atoms with Crippen LogP contribution in [-0.4, -0.2) is 36.5 Å². The van der Waals surface area contributed by atoms with Gasteiger partial charge in [0.25, 0.3) is 0 Å². The summed E-state index contributed by atoms with van der Waals surface area (Å²) in [6.45, 7) is 3.03. The van der Waals surface area contributed by atoms with E-state index in [9.17, 15) is 35.8 Å². The van der Waals surface area contributed by atoms with Gasteiger partial charge in [-0.2, -0.15) is 30.7 Å². The van der Waals surface area contributed by atoms with Crippen molar-refractivity contribution < 1.29 is 45.3 Å². The molecule has 0 fully saturated rings. The van der Waals surface area contributed by atoms with Crippen molar-refractivity contribution in [1.82, 2.24) is 0 Å². The van der Waals surface area contributed by atoms with Gasteiger partial charge < -0.3 is 19.5 Å². The number of benzene rings is 3. The van der Waals surface area contributed by atoms with Gasteiger partial charge in [-0.15, -0.1) is 0 Å². The lowest BCUT2D eigenvalue weighted by atomic mass is 10.1. The standard InChI is InChI=1S/C25H22F7NO3.C2H6/c26-23(27)25(31,32)36-21-11-4-8-18(12-21)14-33(15-22(34)24(28,29)30)19-9-5-10-20(13-19)35-16-17-6-2-1-3-7-17;1-2/h1-13,22-23,34H,14-16H2;1-2H3. The van der Waals surface area contributed by atoms with E-state index in [4.69, 9.17) is 4.74 Å². The Labute approximate surface area is 216 Å². The molecular weight excluding hydrogens is 519 g/mol. The zero-order chi connectivity index (χ0) is 28.3. The molecule has 1 atom stereocenters. The Morgan fingerprint density at radius 2 is 1.39 bits per heavy atom. The number of anilines is 1. The summed E-state index contributed by atoms with van der Waals surface area (Å²) < 4.78 is 101. The van der Waals surface area contributed by atoms with Crippen LogP contribution < -0.4 is 14.4 Å². The van der Waals surface area contributed by atoms with Crippen LogP contribution in [0, 0.1) is 0 Å². The van der Waals surface area contributed by atoms with Crippen LogP contribution in [0.5, 0.6) is 11.5 Å². The van der Waals surface area contributed by atoms with Crippen molar-refractivity contribution in [2.75, 3.05) is 11.4 Å². The Hall–Kier alpha value is -3.47. The number of rotatable bonds is 11. The first-order chi connectivity index (χ1) is 17.9. The van der Waals surface area contributed by atoms with Gasteiger partial charge in [0.15, 0.2) is 6.10 Å². The van der Waals surface area contributed by atoms with Gasteiger partial charge in [-0.05, 0) is 35.4 Å². The Morgan fingerprint density at radius 3 is 2.03 bits per heavy atom. The number of nitrogens with zero attached hydrogens (tertiary/aromatic N) is 1. The van der Waals surface area contributed by atoms with Gasteiger partial charge in [-0.25, -0.2) is 0 Å². The highest BCUT2D eigenvalue weighted by atomic mass is 19.4. The van der Waals surface area contributed by atoms with E-state index in [0.29, 0.717) is 5.75 Å². The number of halogens is 7. The molecule has 3 aromatic carbocycles. The largest absolute Gasteiger partial charge is 0.489 e. The normalized spacial score (nSPS) is 12.4. The molecule has 0 saturated heterocycles. The number of alkyl halides is 7. The smallest absolute Gasteiger partial charge is 0.461 e. The zero-order valence-corrected chi connectivity index (χ0v) is 20.6. The minimum Gasteiger partial charge on any atom is -0.489 e. The molecule has 0 spiro atoms. The molecule has 0 bridgehead atoms. The summed E-state index contributed by atoms with van der Waals surface area (Å²) in [6, 6.07) is 19.9. The van der Waals surface area contributed by atoms with Crippen LogP contribution in [0.2, 0.25) is 0 Å². The molecule has 38 heavy (non-hydrogen) atoms. The van der Waals surface area contributed by atoms with E-state index in [2.05, 4.69) is 4.74 Å². The second-order valence-electron chi connectivity index (χ2n) is 7.82. The van der Waals surface area contributed by atoms with E-state index < -0.39 is 37.1 Å². The van der Waals surface area contributed by atoms with E-state index in [1.165, 1.54) is 24.3 Å². The van der Waals surface area contributed by atoms with Crippen molar-refractivity contribution in [2.45, 2.75) is 51.8 Å². The predicted molar refractivity (Wildman–Crippen MR) is 130 cm³/mol. The van der Waals surface area contributed by atoms with Crippen molar-refractivity contribution >= 4 is 5.69 Å². The van der Waals surface area contributed by atoms with Crippen LogP contribution in [0.3, 0.4) is 0 Å². The van der Waals surface area contributed by atoms with Crippen molar-refractivity contribution in [3.63, 3.8) is 0 Å². The Morgan fingerprint density at radius 1 is 0.789 bits per heavy atom. The second-order valence-corrected chi connectivity index (χ2v) is 7.82. The Balaban J connectivity index is 0.00000247. The molecule has 0 aliphatic heterocycles. The topological polar surface area (TPSA) is 41.9 Å². The quantitative estimate of drug-likeness (QED) is 0.253. The fourth-order valence-electron chi connectivity index (χ4n) is 3.21. The van der Waals surface area contributed by atoms with E-state index in [1.54, 1.807) is 12.1 Å². The lowest BCUT2D eigenvalue weighted by molar-refractivity contribution is -0.253. The number of ether oxygens (including phenoxy) is 2. The molecule has 208 valence electrons. The molecule has 0 heterocycles. The molecule has 0 aliphatic rings. The summed E-state index contributed by atoms with van der Waals surface area (Å²) in [6.07, 6.45) is -16.4. The van der Waals surface area contributed by atoms with E-state index in [-0.39, 0.29) is 24.4 Å². The Kier molecular flexibility index (Phi) is 11.2. The minimum absolute atomic E-state index is 0.183.